The van der Waals surface area contributed by atoms with Gasteiger partial charge in [-0.15, -0.1) is 0 Å². The van der Waals surface area contributed by atoms with Gasteiger partial charge in [-0.05, 0) is 6.92 Å². The van der Waals surface area contributed by atoms with E-state index in [-0.39, 0.29) is 12.4 Å². The summed E-state index contributed by atoms with van der Waals surface area (Å²) < 4.78 is 16.8. The molecule has 0 aliphatic heterocycles. The number of methoxy groups -OCH3 is 2. The van der Waals surface area contributed by atoms with Gasteiger partial charge < -0.3 is 13.9 Å². The van der Waals surface area contributed by atoms with Gasteiger partial charge in [-0.2, -0.15) is 5.10 Å². The van der Waals surface area contributed by atoms with Crippen molar-refractivity contribution >= 4 is 5.97 Å². The monoisotopic (exact) mass is 265 g/mol. The van der Waals surface area contributed by atoms with Gasteiger partial charge in [-0.1, -0.05) is 0 Å². The Hall–Kier alpha value is -2.15. The third-order valence-electron chi connectivity index (χ3n) is 2.59. The lowest BCUT2D eigenvalue weighted by molar-refractivity contribution is 0.0559. The zero-order valence-corrected chi connectivity index (χ0v) is 11.3. The van der Waals surface area contributed by atoms with Crippen molar-refractivity contribution < 1.29 is 18.7 Å². The molecular weight excluding hydrogens is 250 g/mol. The Kier molecular flexibility index (Phi) is 3.66. The smallest absolute Gasteiger partial charge is 0.376 e. The molecule has 0 unspecified atom stereocenters. The van der Waals surface area contributed by atoms with Gasteiger partial charge in [-0.3, -0.25) is 4.68 Å². The Balaban J connectivity index is 2.48. The molecule has 2 rings (SSSR count). The maximum atomic E-state index is 11.6. The fourth-order valence-electron chi connectivity index (χ4n) is 1.76. The van der Waals surface area contributed by atoms with E-state index in [2.05, 4.69) is 14.8 Å². The number of oxazole rings is 1. The SMILES string of the molecule is COCc1nc(-c2cn(C)nc2C)oc1C(=O)OC. The zero-order valence-electron chi connectivity index (χ0n) is 11.3. The second-order valence-electron chi connectivity index (χ2n) is 4.02. The van der Waals surface area contributed by atoms with Crippen LogP contribution in [0.4, 0.5) is 0 Å². The lowest BCUT2D eigenvalue weighted by Gasteiger charge is -1.96. The third kappa shape index (κ3) is 2.50. The first-order chi connectivity index (χ1) is 9.06. The van der Waals surface area contributed by atoms with Crippen molar-refractivity contribution in [2.45, 2.75) is 13.5 Å². The largest absolute Gasteiger partial charge is 0.463 e. The number of nitrogens with zero attached hydrogens (tertiary/aromatic N) is 3. The van der Waals surface area contributed by atoms with Crippen LogP contribution in [-0.2, 0) is 23.1 Å². The molecular formula is C12H15N3O4. The third-order valence-corrected chi connectivity index (χ3v) is 2.59. The summed E-state index contributed by atoms with van der Waals surface area (Å²) in [6.07, 6.45) is 1.78. The normalized spacial score (nSPS) is 10.7. The molecule has 0 spiro atoms. The van der Waals surface area contributed by atoms with E-state index in [1.807, 2.05) is 6.92 Å². The average molecular weight is 265 g/mol. The Morgan fingerprint density at radius 3 is 2.74 bits per heavy atom. The number of carbonyl (C=O) groups excluding carboxylic acids is 1. The highest BCUT2D eigenvalue weighted by atomic mass is 16.5. The topological polar surface area (TPSA) is 79.4 Å². The van der Waals surface area contributed by atoms with E-state index < -0.39 is 5.97 Å². The van der Waals surface area contributed by atoms with Gasteiger partial charge >= 0.3 is 5.97 Å². The first kappa shape index (κ1) is 13.3. The van der Waals surface area contributed by atoms with Crippen LogP contribution >= 0.6 is 0 Å². The minimum atomic E-state index is -0.577. The fraction of sp³-hybridized carbons (Fsp3) is 0.417. The predicted molar refractivity (Wildman–Crippen MR) is 65.5 cm³/mol. The molecule has 2 aromatic rings. The van der Waals surface area contributed by atoms with E-state index >= 15 is 0 Å². The van der Waals surface area contributed by atoms with Gasteiger partial charge in [-0.25, -0.2) is 9.78 Å². The number of hydrogen-bond acceptors (Lipinski definition) is 6. The molecule has 0 N–H and O–H groups in total. The highest BCUT2D eigenvalue weighted by Crippen LogP contribution is 2.25. The number of hydrogen-bond donors (Lipinski definition) is 0. The van der Waals surface area contributed by atoms with Crippen LogP contribution in [0.3, 0.4) is 0 Å². The standard InChI is InChI=1S/C12H15N3O4/c1-7-8(5-15(2)14-7)11-13-9(6-17-3)10(19-11)12(16)18-4/h5H,6H2,1-4H3. The molecule has 0 saturated carbocycles. The predicted octanol–water partition coefficient (Wildman–Crippen LogP) is 1.32. The van der Waals surface area contributed by atoms with Crippen LogP contribution in [0.15, 0.2) is 10.6 Å². The minimum absolute atomic E-state index is 0.0580. The summed E-state index contributed by atoms with van der Waals surface area (Å²) in [5.41, 5.74) is 1.91. The van der Waals surface area contributed by atoms with Gasteiger partial charge in [0, 0.05) is 20.4 Å². The van der Waals surface area contributed by atoms with Crippen LogP contribution in [0, 0.1) is 6.92 Å². The molecule has 2 heterocycles. The lowest BCUT2D eigenvalue weighted by Crippen LogP contribution is -2.04. The second kappa shape index (κ2) is 5.23. The molecule has 0 aromatic carbocycles. The summed E-state index contributed by atoms with van der Waals surface area (Å²) in [6.45, 7) is 2.01. The highest BCUT2D eigenvalue weighted by molar-refractivity contribution is 5.87. The molecule has 7 heteroatoms. The van der Waals surface area contributed by atoms with Gasteiger partial charge in [0.25, 0.3) is 0 Å². The van der Waals surface area contributed by atoms with Crippen LogP contribution < -0.4 is 0 Å². The van der Waals surface area contributed by atoms with Gasteiger partial charge in [0.2, 0.25) is 11.7 Å². The minimum Gasteiger partial charge on any atom is -0.463 e. The fourth-order valence-corrected chi connectivity index (χ4v) is 1.76. The summed E-state index contributed by atoms with van der Waals surface area (Å²) in [7, 11) is 4.61. The quantitative estimate of drug-likeness (QED) is 0.776. The number of rotatable bonds is 4. The summed E-state index contributed by atoms with van der Waals surface area (Å²) in [5, 5.41) is 4.21. The Bertz CT molecular complexity index is 600. The molecule has 0 aliphatic rings. The molecule has 0 aliphatic carbocycles. The van der Waals surface area contributed by atoms with Crippen molar-refractivity contribution in [3.05, 3.63) is 23.3 Å². The van der Waals surface area contributed by atoms with Crippen LogP contribution in [0.2, 0.25) is 0 Å². The van der Waals surface area contributed by atoms with Crippen molar-refractivity contribution in [2.75, 3.05) is 14.2 Å². The molecule has 19 heavy (non-hydrogen) atoms. The number of aromatic nitrogens is 3. The van der Waals surface area contributed by atoms with E-state index in [1.165, 1.54) is 14.2 Å². The zero-order chi connectivity index (χ0) is 14.0. The molecule has 7 nitrogen and oxygen atoms in total. The van der Waals surface area contributed by atoms with E-state index in [1.54, 1.807) is 17.9 Å². The van der Waals surface area contributed by atoms with E-state index in [0.717, 1.165) is 11.3 Å². The summed E-state index contributed by atoms with van der Waals surface area (Å²) in [5.74, 6) is -0.187. The molecule has 0 fully saturated rings. The summed E-state index contributed by atoms with van der Waals surface area (Å²) in [6, 6.07) is 0. The van der Waals surface area contributed by atoms with Crippen LogP contribution in [0.1, 0.15) is 21.9 Å². The Morgan fingerprint density at radius 1 is 1.47 bits per heavy atom. The van der Waals surface area contributed by atoms with Crippen molar-refractivity contribution in [2.24, 2.45) is 7.05 Å². The average Bonchev–Trinajstić information content (AvgIpc) is 2.92. The maximum Gasteiger partial charge on any atom is 0.376 e. The van der Waals surface area contributed by atoms with Crippen molar-refractivity contribution in [1.29, 1.82) is 0 Å². The molecule has 0 saturated heterocycles. The molecule has 0 bridgehead atoms. The van der Waals surface area contributed by atoms with Crippen molar-refractivity contribution in [3.8, 4) is 11.5 Å². The number of esters is 1. The first-order valence-corrected chi connectivity index (χ1v) is 5.64. The summed E-state index contributed by atoms with van der Waals surface area (Å²) >= 11 is 0. The highest BCUT2D eigenvalue weighted by Gasteiger charge is 2.23. The van der Waals surface area contributed by atoms with Crippen LogP contribution in [0.5, 0.6) is 0 Å². The first-order valence-electron chi connectivity index (χ1n) is 5.64. The van der Waals surface area contributed by atoms with Gasteiger partial charge in [0.1, 0.15) is 5.69 Å². The van der Waals surface area contributed by atoms with E-state index in [0.29, 0.717) is 11.6 Å². The number of ether oxygens (including phenoxy) is 2. The van der Waals surface area contributed by atoms with Crippen molar-refractivity contribution in [3.63, 3.8) is 0 Å². The Labute approximate surface area is 110 Å². The van der Waals surface area contributed by atoms with Crippen molar-refractivity contribution in [1.82, 2.24) is 14.8 Å². The molecule has 0 amide bonds. The van der Waals surface area contributed by atoms with Gasteiger partial charge in [0.05, 0.1) is 25.0 Å². The molecule has 0 radical (unpaired) electrons. The molecule has 0 atom stereocenters. The second-order valence-corrected chi connectivity index (χ2v) is 4.02. The maximum absolute atomic E-state index is 11.6. The molecule has 102 valence electrons. The Morgan fingerprint density at radius 2 is 2.21 bits per heavy atom. The number of aryl methyl sites for hydroxylation is 2. The summed E-state index contributed by atoms with van der Waals surface area (Å²) in [4.78, 5) is 15.9. The van der Waals surface area contributed by atoms with Crippen LogP contribution in [-0.4, -0.2) is 35.0 Å². The van der Waals surface area contributed by atoms with E-state index in [9.17, 15) is 4.79 Å². The van der Waals surface area contributed by atoms with Crippen LogP contribution in [0.25, 0.3) is 11.5 Å². The molecule has 2 aromatic heterocycles. The van der Waals surface area contributed by atoms with E-state index in [4.69, 9.17) is 9.15 Å². The number of carbonyl (C=O) groups is 1. The lowest BCUT2D eigenvalue weighted by atomic mass is 10.3. The van der Waals surface area contributed by atoms with Gasteiger partial charge in [0.15, 0.2) is 0 Å².